The molecule has 5 nitrogen and oxygen atoms in total. The van der Waals surface area contributed by atoms with Gasteiger partial charge in [0.05, 0.1) is 16.0 Å². The molecule has 0 bridgehead atoms. The standard InChI is InChI=1S/C15H12F3NO4S/c1-9-2-7-12(8-13(9)14(20)21)24(22,23)19-11-5-3-10(4-6-11)15(16,17)18/h2-8,19H,1H3,(H,20,21). The molecule has 0 spiro atoms. The van der Waals surface area contributed by atoms with E-state index >= 15 is 0 Å². The summed E-state index contributed by atoms with van der Waals surface area (Å²) in [6.07, 6.45) is -4.52. The van der Waals surface area contributed by atoms with E-state index in [1.807, 2.05) is 0 Å². The van der Waals surface area contributed by atoms with Gasteiger partial charge in [0.15, 0.2) is 0 Å². The van der Waals surface area contributed by atoms with Crippen molar-refractivity contribution >= 4 is 21.7 Å². The zero-order valence-electron chi connectivity index (χ0n) is 12.3. The number of nitrogens with one attached hydrogen (secondary N) is 1. The van der Waals surface area contributed by atoms with Crippen LogP contribution in [0.15, 0.2) is 47.4 Å². The smallest absolute Gasteiger partial charge is 0.416 e. The van der Waals surface area contributed by atoms with Crippen LogP contribution in [0.3, 0.4) is 0 Å². The lowest BCUT2D eigenvalue weighted by Gasteiger charge is -2.11. The number of alkyl halides is 3. The van der Waals surface area contributed by atoms with Crippen LogP contribution in [0.1, 0.15) is 21.5 Å². The Kier molecular flexibility index (Phi) is 4.57. The highest BCUT2D eigenvalue weighted by molar-refractivity contribution is 7.92. The Hall–Kier alpha value is -2.55. The number of carboxylic acids is 1. The molecule has 128 valence electrons. The van der Waals surface area contributed by atoms with Crippen molar-refractivity contribution in [2.45, 2.75) is 18.0 Å². The van der Waals surface area contributed by atoms with Crippen molar-refractivity contribution in [1.29, 1.82) is 0 Å². The van der Waals surface area contributed by atoms with Crippen molar-refractivity contribution in [1.82, 2.24) is 0 Å². The summed E-state index contributed by atoms with van der Waals surface area (Å²) >= 11 is 0. The average molecular weight is 359 g/mol. The predicted molar refractivity (Wildman–Crippen MR) is 80.4 cm³/mol. The van der Waals surface area contributed by atoms with Crippen LogP contribution in [0.4, 0.5) is 18.9 Å². The molecule has 0 aromatic heterocycles. The number of benzene rings is 2. The Morgan fingerprint density at radius 1 is 1.08 bits per heavy atom. The van der Waals surface area contributed by atoms with Gasteiger partial charge in [0, 0.05) is 5.69 Å². The van der Waals surface area contributed by atoms with E-state index in [4.69, 9.17) is 5.11 Å². The molecule has 0 radical (unpaired) electrons. The van der Waals surface area contributed by atoms with Gasteiger partial charge in [0.1, 0.15) is 0 Å². The lowest BCUT2D eigenvalue weighted by molar-refractivity contribution is -0.137. The normalized spacial score (nSPS) is 12.0. The lowest BCUT2D eigenvalue weighted by atomic mass is 10.1. The minimum absolute atomic E-state index is 0.0690. The number of carbonyl (C=O) groups is 1. The summed E-state index contributed by atoms with van der Waals surface area (Å²) in [7, 11) is -4.13. The van der Waals surface area contributed by atoms with E-state index in [2.05, 4.69) is 4.72 Å². The van der Waals surface area contributed by atoms with E-state index in [0.29, 0.717) is 5.56 Å². The first-order valence-electron chi connectivity index (χ1n) is 6.55. The molecule has 2 aromatic carbocycles. The molecule has 9 heteroatoms. The summed E-state index contributed by atoms with van der Waals surface area (Å²) in [5.41, 5.74) is -0.768. The van der Waals surface area contributed by atoms with Crippen molar-refractivity contribution in [2.75, 3.05) is 4.72 Å². The summed E-state index contributed by atoms with van der Waals surface area (Å²) in [6.45, 7) is 1.52. The maximum atomic E-state index is 12.5. The molecule has 2 aromatic rings. The van der Waals surface area contributed by atoms with Gasteiger partial charge in [-0.3, -0.25) is 4.72 Å². The number of halogens is 3. The summed E-state index contributed by atoms with van der Waals surface area (Å²) in [5, 5.41) is 9.03. The van der Waals surface area contributed by atoms with Crippen molar-refractivity contribution in [2.24, 2.45) is 0 Å². The van der Waals surface area contributed by atoms with Gasteiger partial charge in [-0.15, -0.1) is 0 Å². The second-order valence-corrected chi connectivity index (χ2v) is 6.64. The second kappa shape index (κ2) is 6.16. The van der Waals surface area contributed by atoms with Crippen molar-refractivity contribution in [3.63, 3.8) is 0 Å². The van der Waals surface area contributed by atoms with E-state index in [1.54, 1.807) is 0 Å². The zero-order chi connectivity index (χ0) is 18.1. The Morgan fingerprint density at radius 3 is 2.17 bits per heavy atom. The molecule has 2 rings (SSSR count). The Bertz CT molecular complexity index is 875. The molecule has 0 unspecified atom stereocenters. The highest BCUT2D eigenvalue weighted by atomic mass is 32.2. The van der Waals surface area contributed by atoms with Crippen LogP contribution in [0.5, 0.6) is 0 Å². The number of hydrogen-bond donors (Lipinski definition) is 2. The molecular weight excluding hydrogens is 347 g/mol. The van der Waals surface area contributed by atoms with Gasteiger partial charge in [-0.1, -0.05) is 6.07 Å². The number of aromatic carboxylic acids is 1. The molecule has 0 heterocycles. The van der Waals surface area contributed by atoms with Gasteiger partial charge in [0.2, 0.25) is 0 Å². The minimum atomic E-state index is -4.52. The third-order valence-corrected chi connectivity index (χ3v) is 4.59. The molecule has 0 saturated heterocycles. The van der Waals surface area contributed by atoms with Crippen LogP contribution in [-0.4, -0.2) is 19.5 Å². The Balaban J connectivity index is 2.32. The quantitative estimate of drug-likeness (QED) is 0.875. The van der Waals surface area contributed by atoms with Crippen molar-refractivity contribution in [3.05, 3.63) is 59.2 Å². The topological polar surface area (TPSA) is 83.5 Å². The first kappa shape index (κ1) is 17.8. The highest BCUT2D eigenvalue weighted by Crippen LogP contribution is 2.30. The molecule has 0 aliphatic heterocycles. The van der Waals surface area contributed by atoms with E-state index in [0.717, 1.165) is 30.3 Å². The van der Waals surface area contributed by atoms with E-state index in [1.165, 1.54) is 19.1 Å². The summed E-state index contributed by atoms with van der Waals surface area (Å²) < 4.78 is 64.1. The highest BCUT2D eigenvalue weighted by Gasteiger charge is 2.30. The molecule has 0 aliphatic rings. The molecule has 0 atom stereocenters. The fourth-order valence-corrected chi connectivity index (χ4v) is 3.02. The number of hydrogen-bond acceptors (Lipinski definition) is 3. The van der Waals surface area contributed by atoms with Crippen LogP contribution < -0.4 is 4.72 Å². The third-order valence-electron chi connectivity index (χ3n) is 3.21. The monoisotopic (exact) mass is 359 g/mol. The van der Waals surface area contributed by atoms with Crippen molar-refractivity contribution < 1.29 is 31.5 Å². The van der Waals surface area contributed by atoms with E-state index < -0.39 is 27.7 Å². The SMILES string of the molecule is Cc1ccc(S(=O)(=O)Nc2ccc(C(F)(F)F)cc2)cc1C(=O)O. The molecule has 0 aliphatic carbocycles. The molecular formula is C15H12F3NO4S. The number of rotatable bonds is 4. The molecule has 2 N–H and O–H groups in total. The van der Waals surface area contributed by atoms with E-state index in [9.17, 15) is 26.4 Å². The minimum Gasteiger partial charge on any atom is -0.478 e. The fraction of sp³-hybridized carbons (Fsp3) is 0.133. The van der Waals surface area contributed by atoms with Gasteiger partial charge in [-0.25, -0.2) is 13.2 Å². The first-order chi connectivity index (χ1) is 11.0. The molecule has 0 amide bonds. The van der Waals surface area contributed by atoms with Gasteiger partial charge in [-0.2, -0.15) is 13.2 Å². The van der Waals surface area contributed by atoms with Crippen LogP contribution in [0.2, 0.25) is 0 Å². The zero-order valence-corrected chi connectivity index (χ0v) is 13.1. The molecule has 24 heavy (non-hydrogen) atoms. The Morgan fingerprint density at radius 2 is 1.67 bits per heavy atom. The summed E-state index contributed by atoms with van der Waals surface area (Å²) in [6, 6.07) is 6.99. The van der Waals surface area contributed by atoms with Crippen LogP contribution in [0.25, 0.3) is 0 Å². The lowest BCUT2D eigenvalue weighted by Crippen LogP contribution is -2.14. The van der Waals surface area contributed by atoms with Crippen LogP contribution in [-0.2, 0) is 16.2 Å². The predicted octanol–water partition coefficient (Wildman–Crippen LogP) is 3.51. The first-order valence-corrected chi connectivity index (χ1v) is 8.03. The van der Waals surface area contributed by atoms with Gasteiger partial charge in [-0.05, 0) is 48.9 Å². The number of carboxylic acid groups (broad SMARTS) is 1. The number of sulfonamides is 1. The van der Waals surface area contributed by atoms with Crippen molar-refractivity contribution in [3.8, 4) is 0 Å². The van der Waals surface area contributed by atoms with E-state index in [-0.39, 0.29) is 16.1 Å². The number of anilines is 1. The van der Waals surface area contributed by atoms with Gasteiger partial charge >= 0.3 is 12.1 Å². The fourth-order valence-electron chi connectivity index (χ4n) is 1.94. The average Bonchev–Trinajstić information content (AvgIpc) is 2.46. The van der Waals surface area contributed by atoms with Crippen LogP contribution in [0, 0.1) is 6.92 Å². The second-order valence-electron chi connectivity index (χ2n) is 4.96. The number of aryl methyl sites for hydroxylation is 1. The van der Waals surface area contributed by atoms with Gasteiger partial charge in [0.25, 0.3) is 10.0 Å². The largest absolute Gasteiger partial charge is 0.478 e. The molecule has 0 fully saturated rings. The molecule has 0 saturated carbocycles. The summed E-state index contributed by atoms with van der Waals surface area (Å²) in [4.78, 5) is 10.8. The Labute approximate surface area is 135 Å². The summed E-state index contributed by atoms with van der Waals surface area (Å²) in [5.74, 6) is -1.28. The maximum absolute atomic E-state index is 12.5. The van der Waals surface area contributed by atoms with Crippen LogP contribution >= 0.6 is 0 Å². The third kappa shape index (κ3) is 3.85. The maximum Gasteiger partial charge on any atom is 0.416 e. The van der Waals surface area contributed by atoms with Gasteiger partial charge < -0.3 is 5.11 Å².